The number of ether oxygens (including phenoxy) is 1. The van der Waals surface area contributed by atoms with Crippen LogP contribution in [0.25, 0.3) is 0 Å². The lowest BCUT2D eigenvalue weighted by Crippen LogP contribution is -2.40. The molecule has 0 aromatic carbocycles. The maximum absolute atomic E-state index is 11.8. The summed E-state index contributed by atoms with van der Waals surface area (Å²) < 4.78 is 5.31. The summed E-state index contributed by atoms with van der Waals surface area (Å²) >= 11 is 0. The van der Waals surface area contributed by atoms with Gasteiger partial charge in [-0.1, -0.05) is 0 Å². The summed E-state index contributed by atoms with van der Waals surface area (Å²) in [6.45, 7) is 10.4. The van der Waals surface area contributed by atoms with Crippen LogP contribution >= 0.6 is 0 Å². The van der Waals surface area contributed by atoms with E-state index in [0.29, 0.717) is 12.5 Å². The smallest absolute Gasteiger partial charge is 0.407 e. The summed E-state index contributed by atoms with van der Waals surface area (Å²) in [5.74, 6) is 2.55. The van der Waals surface area contributed by atoms with E-state index in [4.69, 9.17) is 4.74 Å². The molecule has 0 saturated carbocycles. The highest BCUT2D eigenvalue weighted by molar-refractivity contribution is 5.67. The summed E-state index contributed by atoms with van der Waals surface area (Å²) in [4.78, 5) is 25.5. The highest BCUT2D eigenvalue weighted by atomic mass is 16.6. The molecule has 2 saturated heterocycles. The maximum Gasteiger partial charge on any atom is 0.407 e. The van der Waals surface area contributed by atoms with Crippen molar-refractivity contribution < 1.29 is 9.53 Å². The largest absolute Gasteiger partial charge is 0.444 e. The van der Waals surface area contributed by atoms with Gasteiger partial charge in [0.05, 0.1) is 0 Å². The van der Waals surface area contributed by atoms with E-state index in [-0.39, 0.29) is 6.09 Å². The minimum atomic E-state index is -0.452. The first-order chi connectivity index (χ1) is 12.9. The quantitative estimate of drug-likeness (QED) is 0.871. The van der Waals surface area contributed by atoms with E-state index in [1.807, 2.05) is 20.8 Å². The Balaban J connectivity index is 1.47. The van der Waals surface area contributed by atoms with Gasteiger partial charge in [0.1, 0.15) is 23.6 Å². The summed E-state index contributed by atoms with van der Waals surface area (Å²) in [5, 5.41) is 2.90. The van der Waals surface area contributed by atoms with Gasteiger partial charge in [0.15, 0.2) is 0 Å². The fourth-order valence-corrected chi connectivity index (χ4v) is 3.71. The number of amides is 1. The summed E-state index contributed by atoms with van der Waals surface area (Å²) in [6.07, 6.45) is 7.25. The Bertz CT molecular complexity index is 617. The number of carbonyl (C=O) groups excluding carboxylic acids is 1. The average molecular weight is 376 g/mol. The second kappa shape index (κ2) is 8.76. The molecule has 7 heteroatoms. The third-order valence-corrected chi connectivity index (χ3v) is 5.19. The highest BCUT2D eigenvalue weighted by Crippen LogP contribution is 2.25. The Morgan fingerprint density at radius 3 is 2.26 bits per heavy atom. The second-order valence-electron chi connectivity index (χ2n) is 8.60. The minimum Gasteiger partial charge on any atom is -0.444 e. The van der Waals surface area contributed by atoms with E-state index < -0.39 is 5.60 Å². The first kappa shape index (κ1) is 19.7. The summed E-state index contributed by atoms with van der Waals surface area (Å²) in [5.41, 5.74) is -0.452. The van der Waals surface area contributed by atoms with E-state index in [0.717, 1.165) is 50.7 Å². The van der Waals surface area contributed by atoms with Gasteiger partial charge in [0.25, 0.3) is 0 Å². The van der Waals surface area contributed by atoms with Crippen molar-refractivity contribution >= 4 is 17.7 Å². The number of rotatable bonds is 4. The van der Waals surface area contributed by atoms with E-state index in [2.05, 4.69) is 31.2 Å². The molecule has 2 fully saturated rings. The van der Waals surface area contributed by atoms with Crippen LogP contribution in [-0.2, 0) is 4.74 Å². The molecule has 3 rings (SSSR count). The van der Waals surface area contributed by atoms with Crippen molar-refractivity contribution in [3.63, 3.8) is 0 Å². The SMILES string of the molecule is CC(C)(C)OC(=O)NCC1CCN(c2cc(N3CCCCC3)ncn2)CC1. The molecule has 7 nitrogen and oxygen atoms in total. The fraction of sp³-hybridized carbons (Fsp3) is 0.750. The molecule has 0 bridgehead atoms. The molecule has 1 amide bonds. The number of piperidine rings is 2. The number of anilines is 2. The number of aromatic nitrogens is 2. The molecule has 1 aromatic rings. The number of hydrogen-bond acceptors (Lipinski definition) is 6. The molecule has 2 aliphatic heterocycles. The zero-order valence-electron chi connectivity index (χ0n) is 16.9. The lowest BCUT2D eigenvalue weighted by molar-refractivity contribution is 0.0517. The van der Waals surface area contributed by atoms with Gasteiger partial charge in [-0.3, -0.25) is 0 Å². The maximum atomic E-state index is 11.8. The van der Waals surface area contributed by atoms with Gasteiger partial charge in [-0.05, 0) is 58.8 Å². The van der Waals surface area contributed by atoms with Crippen molar-refractivity contribution in [2.24, 2.45) is 5.92 Å². The summed E-state index contributed by atoms with van der Waals surface area (Å²) in [7, 11) is 0. The van der Waals surface area contributed by atoms with E-state index >= 15 is 0 Å². The molecule has 27 heavy (non-hydrogen) atoms. The highest BCUT2D eigenvalue weighted by Gasteiger charge is 2.23. The molecule has 0 aliphatic carbocycles. The lowest BCUT2D eigenvalue weighted by atomic mass is 9.97. The number of nitrogens with one attached hydrogen (secondary N) is 1. The molecule has 3 heterocycles. The zero-order chi connectivity index (χ0) is 19.3. The van der Waals surface area contributed by atoms with E-state index in [1.165, 1.54) is 19.3 Å². The summed E-state index contributed by atoms with van der Waals surface area (Å²) in [6, 6.07) is 2.13. The van der Waals surface area contributed by atoms with Crippen molar-refractivity contribution in [1.29, 1.82) is 0 Å². The third-order valence-electron chi connectivity index (χ3n) is 5.19. The molecular formula is C20H33N5O2. The van der Waals surface area contributed by atoms with Gasteiger partial charge < -0.3 is 19.9 Å². The zero-order valence-corrected chi connectivity index (χ0v) is 16.9. The van der Waals surface area contributed by atoms with Crippen LogP contribution in [0.4, 0.5) is 16.4 Å². The first-order valence-corrected chi connectivity index (χ1v) is 10.2. The number of nitrogens with zero attached hydrogens (tertiary/aromatic N) is 4. The molecule has 0 spiro atoms. The van der Waals surface area contributed by atoms with Crippen LogP contribution < -0.4 is 15.1 Å². The number of carbonyl (C=O) groups is 1. The first-order valence-electron chi connectivity index (χ1n) is 10.2. The average Bonchev–Trinajstić information content (AvgIpc) is 2.66. The minimum absolute atomic E-state index is 0.327. The topological polar surface area (TPSA) is 70.6 Å². The Kier molecular flexibility index (Phi) is 6.39. The number of hydrogen-bond donors (Lipinski definition) is 1. The van der Waals surface area contributed by atoms with Crippen molar-refractivity contribution in [2.75, 3.05) is 42.5 Å². The fourth-order valence-electron chi connectivity index (χ4n) is 3.71. The van der Waals surface area contributed by atoms with Crippen LogP contribution in [0.3, 0.4) is 0 Å². The lowest BCUT2D eigenvalue weighted by Gasteiger charge is -2.34. The molecule has 1 N–H and O–H groups in total. The molecular weight excluding hydrogens is 342 g/mol. The molecule has 0 unspecified atom stereocenters. The van der Waals surface area contributed by atoms with Crippen molar-refractivity contribution in [1.82, 2.24) is 15.3 Å². The van der Waals surface area contributed by atoms with Crippen LogP contribution in [0.2, 0.25) is 0 Å². The van der Waals surface area contributed by atoms with Gasteiger partial charge in [-0.15, -0.1) is 0 Å². The monoisotopic (exact) mass is 375 g/mol. The van der Waals surface area contributed by atoms with E-state index in [9.17, 15) is 4.79 Å². The van der Waals surface area contributed by atoms with Crippen LogP contribution in [0.15, 0.2) is 12.4 Å². The van der Waals surface area contributed by atoms with Crippen LogP contribution in [0.1, 0.15) is 52.9 Å². The normalized spacial score (nSPS) is 19.1. The Morgan fingerprint density at radius 1 is 1.07 bits per heavy atom. The second-order valence-corrected chi connectivity index (χ2v) is 8.60. The van der Waals surface area contributed by atoms with Gasteiger partial charge >= 0.3 is 6.09 Å². The predicted molar refractivity (Wildman–Crippen MR) is 107 cm³/mol. The van der Waals surface area contributed by atoms with Gasteiger partial charge in [-0.25, -0.2) is 14.8 Å². The van der Waals surface area contributed by atoms with Crippen LogP contribution in [-0.4, -0.2) is 54.4 Å². The number of alkyl carbamates (subject to hydrolysis) is 1. The molecule has 1 aromatic heterocycles. The van der Waals surface area contributed by atoms with Crippen molar-refractivity contribution in [3.8, 4) is 0 Å². The Morgan fingerprint density at radius 2 is 1.67 bits per heavy atom. The van der Waals surface area contributed by atoms with Crippen molar-refractivity contribution in [3.05, 3.63) is 12.4 Å². The molecule has 2 aliphatic rings. The van der Waals surface area contributed by atoms with Gasteiger partial charge in [0.2, 0.25) is 0 Å². The van der Waals surface area contributed by atoms with Gasteiger partial charge in [0, 0.05) is 38.8 Å². The standard InChI is InChI=1S/C20H33N5O2/c1-20(2,3)27-19(26)21-14-16-7-11-25(12-8-16)18-13-17(22-15-23-18)24-9-5-4-6-10-24/h13,15-16H,4-12,14H2,1-3H3,(H,21,26). The van der Waals surface area contributed by atoms with E-state index in [1.54, 1.807) is 6.33 Å². The molecule has 0 atom stereocenters. The predicted octanol–water partition coefficient (Wildman–Crippen LogP) is 3.21. The Hall–Kier alpha value is -2.05. The third kappa shape index (κ3) is 5.97. The van der Waals surface area contributed by atoms with Gasteiger partial charge in [-0.2, -0.15) is 0 Å². The Labute approximate surface area is 162 Å². The molecule has 150 valence electrons. The van der Waals surface area contributed by atoms with Crippen molar-refractivity contribution in [2.45, 2.75) is 58.5 Å². The van der Waals surface area contributed by atoms with Crippen LogP contribution in [0, 0.1) is 5.92 Å². The van der Waals surface area contributed by atoms with Crippen LogP contribution in [0.5, 0.6) is 0 Å². The molecule has 0 radical (unpaired) electrons.